The topological polar surface area (TPSA) is 198 Å². The number of hydrogen-bond acceptors (Lipinski definition) is 14. The summed E-state index contributed by atoms with van der Waals surface area (Å²) in [5.41, 5.74) is 7.77. The molecule has 6 atom stereocenters. The van der Waals surface area contributed by atoms with E-state index in [2.05, 4.69) is 16.4 Å². The summed E-state index contributed by atoms with van der Waals surface area (Å²) in [6.45, 7) is 4.61. The molecule has 306 valence electrons. The number of ether oxygens (including phenoxy) is 2. The molecular formula is C42H52N4O9S2. The number of fused-ring (bicyclic) bond motifs is 7. The van der Waals surface area contributed by atoms with E-state index >= 15 is 0 Å². The van der Waals surface area contributed by atoms with Gasteiger partial charge in [-0.1, -0.05) is 39.3 Å². The van der Waals surface area contributed by atoms with E-state index < -0.39 is 28.7 Å². The quantitative estimate of drug-likeness (QED) is 0.0617. The molecule has 3 aromatic rings. The van der Waals surface area contributed by atoms with E-state index in [4.69, 9.17) is 19.6 Å². The van der Waals surface area contributed by atoms with Gasteiger partial charge in [0, 0.05) is 104 Å². The maximum absolute atomic E-state index is 14.1. The molecule has 1 saturated heterocycles. The summed E-state index contributed by atoms with van der Waals surface area (Å²) in [6, 6.07) is 7.35. The van der Waals surface area contributed by atoms with Gasteiger partial charge in [0.1, 0.15) is 17.2 Å². The van der Waals surface area contributed by atoms with E-state index in [0.717, 1.165) is 29.0 Å². The number of hydrogen-bond donors (Lipinski definition) is 5. The molecule has 1 aromatic carbocycles. The highest BCUT2D eigenvalue weighted by atomic mass is 33.1. The van der Waals surface area contributed by atoms with E-state index in [1.165, 1.54) is 0 Å². The van der Waals surface area contributed by atoms with Crippen LogP contribution in [0.15, 0.2) is 63.0 Å². The van der Waals surface area contributed by atoms with Gasteiger partial charge in [-0.15, -0.1) is 0 Å². The molecule has 0 radical (unpaired) electrons. The van der Waals surface area contributed by atoms with Gasteiger partial charge < -0.3 is 45.2 Å². The third kappa shape index (κ3) is 7.86. The number of nitrogens with one attached hydrogen (secondary N) is 1. The number of nitrogen functional groups attached to an aromatic ring is 1. The van der Waals surface area contributed by atoms with Crippen LogP contribution in [0.25, 0.3) is 11.0 Å². The average molecular weight is 821 g/mol. The summed E-state index contributed by atoms with van der Waals surface area (Å²) >= 11 is 0. The smallest absolute Gasteiger partial charge is 0.339 e. The molecule has 1 amide bonds. The van der Waals surface area contributed by atoms with Gasteiger partial charge in [-0.2, -0.15) is 0 Å². The molecule has 2 aromatic heterocycles. The first-order valence-corrected chi connectivity index (χ1v) is 22.1. The number of aliphatic hydroxyl groups excluding tert-OH is 3. The lowest BCUT2D eigenvalue weighted by atomic mass is 9.61. The first-order valence-electron chi connectivity index (χ1n) is 19.6. The Labute approximate surface area is 339 Å². The third-order valence-electron chi connectivity index (χ3n) is 12.2. The molecule has 0 bridgehead atoms. The molecule has 6 N–H and O–H groups in total. The second-order valence-electron chi connectivity index (χ2n) is 15.8. The van der Waals surface area contributed by atoms with Gasteiger partial charge in [0.2, 0.25) is 5.91 Å². The number of nitrogens with zero attached hydrogens (tertiary/aromatic N) is 2. The van der Waals surface area contributed by atoms with Gasteiger partial charge in [-0.25, -0.2) is 14.6 Å². The number of amides is 1. The van der Waals surface area contributed by atoms with E-state index in [0.29, 0.717) is 70.9 Å². The minimum atomic E-state index is -1.28. The maximum atomic E-state index is 14.1. The van der Waals surface area contributed by atoms with Crippen LogP contribution in [0.3, 0.4) is 0 Å². The van der Waals surface area contributed by atoms with Crippen LogP contribution < -0.4 is 21.4 Å². The zero-order valence-corrected chi connectivity index (χ0v) is 34.3. The van der Waals surface area contributed by atoms with Crippen molar-refractivity contribution in [1.82, 2.24) is 15.2 Å². The summed E-state index contributed by atoms with van der Waals surface area (Å²) in [7, 11) is 5.40. The fraction of sp³-hybridized carbons (Fsp3) is 0.524. The largest absolute Gasteiger partial charge is 0.481 e. The Morgan fingerprint density at radius 3 is 2.74 bits per heavy atom. The summed E-state index contributed by atoms with van der Waals surface area (Å²) in [6.07, 6.45) is 6.89. The molecule has 7 rings (SSSR count). The lowest BCUT2D eigenvalue weighted by Crippen LogP contribution is -2.64. The zero-order chi connectivity index (χ0) is 40.5. The predicted molar refractivity (Wildman–Crippen MR) is 221 cm³/mol. The van der Waals surface area contributed by atoms with Gasteiger partial charge in [0.25, 0.3) is 0 Å². The van der Waals surface area contributed by atoms with Crippen molar-refractivity contribution < 1.29 is 38.8 Å². The monoisotopic (exact) mass is 820 g/mol. The molecule has 13 nitrogen and oxygen atoms in total. The van der Waals surface area contributed by atoms with Crippen molar-refractivity contribution in [3.63, 3.8) is 0 Å². The lowest BCUT2D eigenvalue weighted by molar-refractivity contribution is -0.183. The molecule has 6 unspecified atom stereocenters. The number of nitrogens with two attached hydrogens (primary N) is 1. The molecule has 0 saturated carbocycles. The number of pyridine rings is 1. The van der Waals surface area contributed by atoms with Crippen molar-refractivity contribution in [2.75, 3.05) is 57.2 Å². The van der Waals surface area contributed by atoms with Crippen molar-refractivity contribution in [3.05, 3.63) is 86.4 Å². The minimum absolute atomic E-state index is 0.00721. The Kier molecular flexibility index (Phi) is 12.4. The summed E-state index contributed by atoms with van der Waals surface area (Å²) in [5.74, 6) is 1.12. The van der Waals surface area contributed by atoms with Crippen LogP contribution in [-0.4, -0.2) is 106 Å². The number of aromatic nitrogens is 1. The van der Waals surface area contributed by atoms with Gasteiger partial charge in [0.15, 0.2) is 11.2 Å². The number of rotatable bonds is 11. The molecule has 57 heavy (non-hydrogen) atoms. The summed E-state index contributed by atoms with van der Waals surface area (Å²) in [5, 5.41) is 33.1. The van der Waals surface area contributed by atoms with Gasteiger partial charge >= 0.3 is 11.6 Å². The standard InChI is InChI=1S/C42H52N4O9S2/c1-4-25(7-10-48)40(52)55-41(2)8-5-26-22-56-57-23-33-31(18-44-3)20-46(33)37(50)14-30-19-45-36(43)15-32(30)38(26)42(41)17-29-13-27-12-28(11-24(21-49)6-9-47)39(51)53-34(27)16-35(29)54-42/h4-5,12-13,15-16,19,24,31,33,38,44,47-49H,6-11,14,17-18,20-23H2,1-3H3,(H2,43,45). The molecular weight excluding hydrogens is 769 g/mol. The number of allylic oxidation sites excluding steroid dienone is 1. The van der Waals surface area contributed by atoms with Crippen LogP contribution in [-0.2, 0) is 33.6 Å². The van der Waals surface area contributed by atoms with E-state index in [1.54, 1.807) is 52.9 Å². The molecule has 15 heteroatoms. The molecule has 5 heterocycles. The Morgan fingerprint density at radius 2 is 2.00 bits per heavy atom. The number of aliphatic hydroxyl groups is 3. The summed E-state index contributed by atoms with van der Waals surface area (Å²) < 4.78 is 19.7. The highest BCUT2D eigenvalue weighted by Gasteiger charge is 2.64. The number of carbonyl (C=O) groups is 2. The Bertz CT molecular complexity index is 2140. The van der Waals surface area contributed by atoms with Gasteiger partial charge in [-0.05, 0) is 74.5 Å². The molecule has 1 aliphatic carbocycles. The zero-order valence-electron chi connectivity index (χ0n) is 32.6. The molecule has 3 aliphatic heterocycles. The van der Waals surface area contributed by atoms with E-state index in [1.807, 2.05) is 31.0 Å². The highest BCUT2D eigenvalue weighted by Crippen LogP contribution is 2.58. The second kappa shape index (κ2) is 17.2. The SMILES string of the molecule is CC=C(CCO)C(=O)OC1(C)CC=C2CSSCC3C(CNC)CN3C(=O)Cc3cnc(N)cc3C2C12Cc1cc3cc(CC(CO)CCO)c(=O)oc3cc1O2. The first kappa shape index (κ1) is 41.3. The van der Waals surface area contributed by atoms with Crippen LogP contribution in [0.2, 0.25) is 0 Å². The number of carbonyl (C=O) groups excluding carboxylic acids is 2. The van der Waals surface area contributed by atoms with Crippen LogP contribution in [0.1, 0.15) is 61.3 Å². The van der Waals surface area contributed by atoms with Crippen LogP contribution >= 0.6 is 21.6 Å². The number of esters is 1. The third-order valence-corrected chi connectivity index (χ3v) is 14.6. The van der Waals surface area contributed by atoms with Crippen molar-refractivity contribution in [2.24, 2.45) is 11.8 Å². The van der Waals surface area contributed by atoms with E-state index in [9.17, 15) is 29.7 Å². The van der Waals surface area contributed by atoms with Crippen LogP contribution in [0.4, 0.5) is 5.82 Å². The average Bonchev–Trinajstić information content (AvgIpc) is 3.55. The lowest BCUT2D eigenvalue weighted by Gasteiger charge is -2.53. The first-order chi connectivity index (χ1) is 27.5. The predicted octanol–water partition coefficient (Wildman–Crippen LogP) is 3.71. The minimum Gasteiger partial charge on any atom is -0.481 e. The molecule has 1 spiro atoms. The van der Waals surface area contributed by atoms with E-state index in [-0.39, 0.29) is 62.8 Å². The van der Waals surface area contributed by atoms with Crippen molar-refractivity contribution >= 4 is 50.3 Å². The van der Waals surface area contributed by atoms with Crippen LogP contribution in [0, 0.1) is 11.8 Å². The summed E-state index contributed by atoms with van der Waals surface area (Å²) in [4.78, 5) is 47.8. The fourth-order valence-corrected chi connectivity index (χ4v) is 11.6. The Balaban J connectivity index is 1.37. The Morgan fingerprint density at radius 1 is 1.18 bits per heavy atom. The van der Waals surface area contributed by atoms with Crippen molar-refractivity contribution in [2.45, 2.75) is 75.5 Å². The van der Waals surface area contributed by atoms with Crippen molar-refractivity contribution in [1.29, 1.82) is 0 Å². The fourth-order valence-electron chi connectivity index (χ4n) is 9.06. The number of anilines is 1. The highest BCUT2D eigenvalue weighted by molar-refractivity contribution is 8.76. The van der Waals surface area contributed by atoms with Crippen LogP contribution in [0.5, 0.6) is 5.75 Å². The number of benzene rings is 1. The molecule has 1 fully saturated rings. The second-order valence-corrected chi connectivity index (χ2v) is 18.3. The van der Waals surface area contributed by atoms with Gasteiger partial charge in [-0.3, -0.25) is 4.79 Å². The Hall–Kier alpha value is -3.86. The van der Waals surface area contributed by atoms with Gasteiger partial charge in [0.05, 0.1) is 12.3 Å². The maximum Gasteiger partial charge on any atom is 0.339 e. The molecule has 4 aliphatic rings. The van der Waals surface area contributed by atoms with Crippen molar-refractivity contribution in [3.8, 4) is 5.75 Å². The normalized spacial score (nSPS) is 26.5.